The molecule has 3 nitrogen and oxygen atoms in total. The quantitative estimate of drug-likeness (QED) is 0.842. The van der Waals surface area contributed by atoms with Crippen molar-refractivity contribution in [2.75, 3.05) is 39.4 Å². The average molecular weight is 292 g/mol. The Hall–Kier alpha value is -0.120. The molecule has 21 heavy (non-hydrogen) atoms. The minimum atomic E-state index is 0.621. The Kier molecular flexibility index (Phi) is 4.01. The monoisotopic (exact) mass is 292 g/mol. The number of ether oxygens (including phenoxy) is 1. The van der Waals surface area contributed by atoms with Crippen LogP contribution in [0.25, 0.3) is 0 Å². The fraction of sp³-hybridized carbons (Fsp3) is 1.00. The lowest BCUT2D eigenvalue weighted by Crippen LogP contribution is -2.53. The lowest BCUT2D eigenvalue weighted by molar-refractivity contribution is -0.0529. The minimum Gasteiger partial charge on any atom is -0.379 e. The Labute approximate surface area is 129 Å². The highest BCUT2D eigenvalue weighted by molar-refractivity contribution is 5.02. The molecule has 5 fully saturated rings. The second-order valence-corrected chi connectivity index (χ2v) is 8.61. The summed E-state index contributed by atoms with van der Waals surface area (Å²) in [5.41, 5.74) is 0.675. The third-order valence-electron chi connectivity index (χ3n) is 6.63. The molecule has 1 aliphatic heterocycles. The first kappa shape index (κ1) is 14.5. The highest BCUT2D eigenvalue weighted by Gasteiger charge is 2.50. The van der Waals surface area contributed by atoms with E-state index >= 15 is 0 Å². The normalized spacial score (nSPS) is 44.1. The predicted octanol–water partition coefficient (Wildman–Crippen LogP) is 2.51. The summed E-state index contributed by atoms with van der Waals surface area (Å²) < 4.78 is 5.44. The molecule has 0 radical (unpaired) electrons. The Morgan fingerprint density at radius 1 is 1.05 bits per heavy atom. The lowest BCUT2D eigenvalue weighted by Gasteiger charge is -2.57. The van der Waals surface area contributed by atoms with Gasteiger partial charge in [-0.25, -0.2) is 0 Å². The van der Waals surface area contributed by atoms with E-state index < -0.39 is 0 Å². The maximum Gasteiger partial charge on any atom is 0.0594 e. The van der Waals surface area contributed by atoms with Gasteiger partial charge in [0, 0.05) is 32.2 Å². The Balaban J connectivity index is 1.28. The van der Waals surface area contributed by atoms with Crippen molar-refractivity contribution in [1.82, 2.24) is 10.2 Å². The van der Waals surface area contributed by atoms with Crippen molar-refractivity contribution in [1.29, 1.82) is 0 Å². The molecule has 4 aliphatic carbocycles. The second-order valence-electron chi connectivity index (χ2n) is 8.61. The zero-order valence-electron chi connectivity index (χ0n) is 13.7. The Morgan fingerprint density at radius 3 is 2.19 bits per heavy atom. The molecule has 5 rings (SSSR count). The first-order valence-electron chi connectivity index (χ1n) is 9.24. The fourth-order valence-electron chi connectivity index (χ4n) is 6.13. The zero-order chi connectivity index (χ0) is 14.3. The third kappa shape index (κ3) is 3.16. The van der Waals surface area contributed by atoms with E-state index in [0.29, 0.717) is 11.5 Å². The van der Waals surface area contributed by atoms with Crippen LogP contribution in [0.3, 0.4) is 0 Å². The molecule has 0 spiro atoms. The van der Waals surface area contributed by atoms with Crippen molar-refractivity contribution in [2.24, 2.45) is 23.2 Å². The van der Waals surface area contributed by atoms with Crippen molar-refractivity contribution in [3.05, 3.63) is 0 Å². The van der Waals surface area contributed by atoms with E-state index in [1.807, 2.05) is 0 Å². The van der Waals surface area contributed by atoms with E-state index in [2.05, 4.69) is 17.1 Å². The summed E-state index contributed by atoms with van der Waals surface area (Å²) in [7, 11) is 0. The summed E-state index contributed by atoms with van der Waals surface area (Å²) in [5.74, 6) is 3.23. The first-order chi connectivity index (χ1) is 10.2. The summed E-state index contributed by atoms with van der Waals surface area (Å²) in [4.78, 5) is 2.56. The van der Waals surface area contributed by atoms with Crippen LogP contribution < -0.4 is 5.32 Å². The largest absolute Gasteiger partial charge is 0.379 e. The number of hydrogen-bond acceptors (Lipinski definition) is 3. The molecule has 4 saturated carbocycles. The van der Waals surface area contributed by atoms with Crippen LogP contribution in [0.4, 0.5) is 0 Å². The van der Waals surface area contributed by atoms with Gasteiger partial charge in [0.05, 0.1) is 13.2 Å². The van der Waals surface area contributed by atoms with E-state index in [9.17, 15) is 0 Å². The molecule has 0 aromatic carbocycles. The Bertz CT molecular complexity index is 329. The number of hydrogen-bond donors (Lipinski definition) is 1. The minimum absolute atomic E-state index is 0.621. The van der Waals surface area contributed by atoms with Crippen molar-refractivity contribution in [2.45, 2.75) is 51.5 Å². The zero-order valence-corrected chi connectivity index (χ0v) is 13.7. The molecular weight excluding hydrogens is 260 g/mol. The molecule has 120 valence electrons. The molecule has 1 heterocycles. The van der Waals surface area contributed by atoms with Gasteiger partial charge in [0.25, 0.3) is 0 Å². The van der Waals surface area contributed by atoms with Crippen LogP contribution in [0.1, 0.15) is 45.4 Å². The third-order valence-corrected chi connectivity index (χ3v) is 6.63. The molecule has 1 unspecified atom stereocenters. The van der Waals surface area contributed by atoms with Gasteiger partial charge in [-0.1, -0.05) is 0 Å². The van der Waals surface area contributed by atoms with Crippen molar-refractivity contribution in [3.8, 4) is 0 Å². The smallest absolute Gasteiger partial charge is 0.0594 e. The van der Waals surface area contributed by atoms with Crippen LogP contribution >= 0.6 is 0 Å². The van der Waals surface area contributed by atoms with Crippen LogP contribution in [-0.2, 0) is 4.74 Å². The molecule has 1 N–H and O–H groups in total. The van der Waals surface area contributed by atoms with Crippen LogP contribution in [0.15, 0.2) is 0 Å². The Morgan fingerprint density at radius 2 is 1.62 bits per heavy atom. The molecule has 0 aromatic rings. The summed E-state index contributed by atoms with van der Waals surface area (Å²) in [6, 6.07) is 0.621. The standard InChI is InChI=1S/C18H32N2O/c1-14(12-20-2-4-21-5-3-20)19-13-18-9-15-6-16(10-18)8-17(7-15)11-18/h14-17,19H,2-13H2,1H3. The van der Waals surface area contributed by atoms with E-state index in [1.54, 1.807) is 19.3 Å². The SMILES string of the molecule is CC(CN1CCOCC1)NCC12CC3CC(CC(C3)C1)C2. The van der Waals surface area contributed by atoms with Gasteiger partial charge >= 0.3 is 0 Å². The van der Waals surface area contributed by atoms with Gasteiger partial charge in [-0.15, -0.1) is 0 Å². The van der Waals surface area contributed by atoms with Gasteiger partial charge in [-0.05, 0) is 68.6 Å². The first-order valence-corrected chi connectivity index (χ1v) is 9.24. The number of rotatable bonds is 5. The van der Waals surface area contributed by atoms with Gasteiger partial charge in [-0.2, -0.15) is 0 Å². The molecular formula is C18H32N2O. The van der Waals surface area contributed by atoms with Gasteiger partial charge in [0.15, 0.2) is 0 Å². The molecule has 4 bridgehead atoms. The predicted molar refractivity (Wildman–Crippen MR) is 85.3 cm³/mol. The van der Waals surface area contributed by atoms with E-state index in [1.165, 1.54) is 32.4 Å². The van der Waals surface area contributed by atoms with Crippen LogP contribution in [0.2, 0.25) is 0 Å². The summed E-state index contributed by atoms with van der Waals surface area (Å²) >= 11 is 0. The van der Waals surface area contributed by atoms with Crippen molar-refractivity contribution in [3.63, 3.8) is 0 Å². The summed E-state index contributed by atoms with van der Waals surface area (Å²) in [6.07, 6.45) is 9.25. The van der Waals surface area contributed by atoms with Gasteiger partial charge in [0.2, 0.25) is 0 Å². The van der Waals surface area contributed by atoms with Crippen LogP contribution in [0.5, 0.6) is 0 Å². The second kappa shape index (κ2) is 5.82. The van der Waals surface area contributed by atoms with Crippen molar-refractivity contribution < 1.29 is 4.74 Å². The van der Waals surface area contributed by atoms with Gasteiger partial charge in [0.1, 0.15) is 0 Å². The molecule has 1 saturated heterocycles. The summed E-state index contributed by atoms with van der Waals surface area (Å²) in [5, 5.41) is 3.90. The van der Waals surface area contributed by atoms with E-state index in [-0.39, 0.29) is 0 Å². The number of morpholine rings is 1. The topological polar surface area (TPSA) is 24.5 Å². The fourth-order valence-corrected chi connectivity index (χ4v) is 6.13. The molecule has 3 heteroatoms. The number of nitrogens with one attached hydrogen (secondary N) is 1. The van der Waals surface area contributed by atoms with E-state index in [4.69, 9.17) is 4.74 Å². The van der Waals surface area contributed by atoms with Gasteiger partial charge in [-0.3, -0.25) is 4.90 Å². The highest BCUT2D eigenvalue weighted by Crippen LogP contribution is 2.59. The molecule has 0 aromatic heterocycles. The van der Waals surface area contributed by atoms with Crippen LogP contribution in [0, 0.1) is 23.2 Å². The molecule has 5 aliphatic rings. The lowest BCUT2D eigenvalue weighted by atomic mass is 9.49. The van der Waals surface area contributed by atoms with Crippen molar-refractivity contribution >= 4 is 0 Å². The molecule has 1 atom stereocenters. The number of nitrogens with zero attached hydrogens (tertiary/aromatic N) is 1. The maximum atomic E-state index is 5.44. The van der Waals surface area contributed by atoms with Gasteiger partial charge < -0.3 is 10.1 Å². The maximum absolute atomic E-state index is 5.44. The van der Waals surface area contributed by atoms with Crippen LogP contribution in [-0.4, -0.2) is 50.3 Å². The van der Waals surface area contributed by atoms with E-state index in [0.717, 1.165) is 44.1 Å². The average Bonchev–Trinajstić information content (AvgIpc) is 2.45. The molecule has 0 amide bonds. The highest BCUT2D eigenvalue weighted by atomic mass is 16.5. The summed E-state index contributed by atoms with van der Waals surface area (Å²) in [6.45, 7) is 8.91.